The van der Waals surface area contributed by atoms with Crippen molar-refractivity contribution in [3.8, 4) is 22.8 Å². The molecule has 3 N–H and O–H groups in total. The summed E-state index contributed by atoms with van der Waals surface area (Å²) in [4.78, 5) is 14.9. The van der Waals surface area contributed by atoms with Gasteiger partial charge in [-0.25, -0.2) is 14.7 Å². The summed E-state index contributed by atoms with van der Waals surface area (Å²) >= 11 is 0. The number of hydrogen-bond acceptors (Lipinski definition) is 10. The molecule has 3 aromatic heterocycles. The SMILES string of the molecule is CN(C)Cc1c(C(=O)N/N=C/c2cn(-c3ccccc3)nc2-c2ccccc2)nnn1-c1nonc1N. The summed E-state index contributed by atoms with van der Waals surface area (Å²) in [6.07, 6.45) is 3.39. The first-order valence-electron chi connectivity index (χ1n) is 11.2. The molecule has 0 aliphatic heterocycles. The molecular formula is C24H23N11O2. The Kier molecular flexibility index (Phi) is 6.50. The first-order valence-corrected chi connectivity index (χ1v) is 11.2. The number of nitrogens with two attached hydrogens (primary N) is 1. The number of nitrogens with zero attached hydrogens (tertiary/aromatic N) is 9. The number of hydrogen-bond donors (Lipinski definition) is 2. The molecule has 5 rings (SSSR count). The Hall–Kier alpha value is -5.17. The van der Waals surface area contributed by atoms with Crippen molar-refractivity contribution in [2.45, 2.75) is 6.54 Å². The molecule has 0 spiro atoms. The zero-order valence-electron chi connectivity index (χ0n) is 20.1. The zero-order chi connectivity index (χ0) is 25.8. The van der Waals surface area contributed by atoms with Crippen molar-refractivity contribution in [3.63, 3.8) is 0 Å². The molecule has 0 bridgehead atoms. The number of anilines is 1. The Morgan fingerprint density at radius 1 is 1.11 bits per heavy atom. The topological polar surface area (TPSA) is 158 Å². The smallest absolute Gasteiger partial charge is 0.293 e. The van der Waals surface area contributed by atoms with Gasteiger partial charge >= 0.3 is 0 Å². The fourth-order valence-electron chi connectivity index (χ4n) is 3.66. The quantitative estimate of drug-likeness (QED) is 0.241. The van der Waals surface area contributed by atoms with Gasteiger partial charge in [-0.15, -0.1) is 5.10 Å². The second kappa shape index (κ2) is 10.2. The van der Waals surface area contributed by atoms with Crippen molar-refractivity contribution >= 4 is 17.9 Å². The van der Waals surface area contributed by atoms with Crippen LogP contribution in [0.5, 0.6) is 0 Å². The Morgan fingerprint density at radius 3 is 2.51 bits per heavy atom. The van der Waals surface area contributed by atoms with Crippen LogP contribution >= 0.6 is 0 Å². The molecule has 0 atom stereocenters. The molecule has 0 aliphatic rings. The maximum absolute atomic E-state index is 13.0. The number of para-hydroxylation sites is 1. The molecule has 0 aliphatic carbocycles. The minimum absolute atomic E-state index is 0.0266. The molecule has 0 saturated heterocycles. The van der Waals surface area contributed by atoms with Crippen LogP contribution in [0.3, 0.4) is 0 Å². The van der Waals surface area contributed by atoms with Crippen LogP contribution in [0.2, 0.25) is 0 Å². The molecule has 5 aromatic rings. The number of carbonyl (C=O) groups is 1. The van der Waals surface area contributed by atoms with E-state index in [2.05, 4.69) is 35.8 Å². The van der Waals surface area contributed by atoms with Gasteiger partial charge in [-0.3, -0.25) is 4.79 Å². The molecule has 0 unspecified atom stereocenters. The van der Waals surface area contributed by atoms with E-state index in [1.165, 1.54) is 4.68 Å². The average molecular weight is 498 g/mol. The largest absolute Gasteiger partial charge is 0.378 e. The van der Waals surface area contributed by atoms with Crippen LogP contribution in [0, 0.1) is 0 Å². The molecular weight excluding hydrogens is 474 g/mol. The summed E-state index contributed by atoms with van der Waals surface area (Å²) in [6, 6.07) is 19.5. The Labute approximate surface area is 211 Å². The third-order valence-corrected chi connectivity index (χ3v) is 5.32. The minimum Gasteiger partial charge on any atom is -0.378 e. The van der Waals surface area contributed by atoms with Crippen LogP contribution in [0.1, 0.15) is 21.7 Å². The monoisotopic (exact) mass is 497 g/mol. The second-order valence-electron chi connectivity index (χ2n) is 8.29. The second-order valence-corrected chi connectivity index (χ2v) is 8.29. The highest BCUT2D eigenvalue weighted by atomic mass is 16.6. The molecule has 37 heavy (non-hydrogen) atoms. The molecule has 0 radical (unpaired) electrons. The first-order chi connectivity index (χ1) is 18.0. The minimum atomic E-state index is -0.550. The highest BCUT2D eigenvalue weighted by molar-refractivity contribution is 5.95. The van der Waals surface area contributed by atoms with Crippen molar-refractivity contribution in [3.05, 3.63) is 83.8 Å². The number of amides is 1. The third kappa shape index (κ3) is 4.97. The van der Waals surface area contributed by atoms with Gasteiger partial charge in [0.15, 0.2) is 5.69 Å². The Morgan fingerprint density at radius 2 is 1.84 bits per heavy atom. The Bertz CT molecular complexity index is 1540. The van der Waals surface area contributed by atoms with Crippen molar-refractivity contribution < 1.29 is 9.42 Å². The van der Waals surface area contributed by atoms with Crippen LogP contribution in [0.25, 0.3) is 22.8 Å². The third-order valence-electron chi connectivity index (χ3n) is 5.32. The van der Waals surface area contributed by atoms with Crippen molar-refractivity contribution in [1.29, 1.82) is 0 Å². The van der Waals surface area contributed by atoms with Gasteiger partial charge in [0.25, 0.3) is 5.91 Å². The van der Waals surface area contributed by atoms with Gasteiger partial charge in [-0.05, 0) is 36.5 Å². The lowest BCUT2D eigenvalue weighted by Crippen LogP contribution is -2.23. The van der Waals surface area contributed by atoms with E-state index >= 15 is 0 Å². The highest BCUT2D eigenvalue weighted by Crippen LogP contribution is 2.22. The van der Waals surface area contributed by atoms with E-state index in [1.54, 1.807) is 10.9 Å². The summed E-state index contributed by atoms with van der Waals surface area (Å²) in [5.74, 6) is -0.377. The Balaban J connectivity index is 1.43. The van der Waals surface area contributed by atoms with Crippen LogP contribution in [-0.2, 0) is 6.54 Å². The lowest BCUT2D eigenvalue weighted by atomic mass is 10.1. The maximum atomic E-state index is 13.0. The van der Waals surface area contributed by atoms with Crippen LogP contribution < -0.4 is 11.2 Å². The molecule has 1 amide bonds. The lowest BCUT2D eigenvalue weighted by molar-refractivity contribution is 0.0948. The number of rotatable bonds is 8. The van der Waals surface area contributed by atoms with Gasteiger partial charge in [0.2, 0.25) is 11.6 Å². The lowest BCUT2D eigenvalue weighted by Gasteiger charge is -2.11. The molecule has 0 fully saturated rings. The van der Waals surface area contributed by atoms with Crippen LogP contribution in [0.15, 0.2) is 76.6 Å². The number of carbonyl (C=O) groups excluding carboxylic acids is 1. The number of nitrogen functional groups attached to an aromatic ring is 1. The summed E-state index contributed by atoms with van der Waals surface area (Å²) in [7, 11) is 3.69. The van der Waals surface area contributed by atoms with E-state index in [0.29, 0.717) is 17.8 Å². The van der Waals surface area contributed by atoms with Gasteiger partial charge in [0, 0.05) is 23.9 Å². The van der Waals surface area contributed by atoms with Gasteiger partial charge in [0.1, 0.15) is 5.69 Å². The fraction of sp³-hybridized carbons (Fsp3) is 0.125. The molecule has 13 nitrogen and oxygen atoms in total. The van der Waals surface area contributed by atoms with E-state index in [4.69, 9.17) is 10.8 Å². The van der Waals surface area contributed by atoms with Gasteiger partial charge in [0.05, 0.1) is 17.6 Å². The van der Waals surface area contributed by atoms with Crippen molar-refractivity contribution in [1.82, 2.24) is 45.4 Å². The number of hydrazone groups is 1. The van der Waals surface area contributed by atoms with Crippen molar-refractivity contribution in [2.75, 3.05) is 19.8 Å². The zero-order valence-corrected chi connectivity index (χ0v) is 20.1. The van der Waals surface area contributed by atoms with E-state index in [9.17, 15) is 4.79 Å². The predicted molar refractivity (Wildman–Crippen MR) is 135 cm³/mol. The van der Waals surface area contributed by atoms with Crippen LogP contribution in [0.4, 0.5) is 5.82 Å². The summed E-state index contributed by atoms with van der Waals surface area (Å²) in [5.41, 5.74) is 12.1. The highest BCUT2D eigenvalue weighted by Gasteiger charge is 2.24. The van der Waals surface area contributed by atoms with E-state index in [1.807, 2.05) is 85.9 Å². The molecule has 186 valence electrons. The van der Waals surface area contributed by atoms with E-state index < -0.39 is 5.91 Å². The standard InChI is InChI=1S/C24H23N11O2/c1-33(2)15-19-21(27-32-35(19)23-22(25)30-37-31-23)24(36)28-26-13-17-14-34(18-11-7-4-8-12-18)29-20(17)16-9-5-3-6-10-16/h3-14H,15H2,1-2H3,(H2,25,30)(H,28,36)/b26-13+. The summed E-state index contributed by atoms with van der Waals surface area (Å²) in [6.45, 7) is 0.327. The van der Waals surface area contributed by atoms with Crippen molar-refractivity contribution in [2.24, 2.45) is 5.10 Å². The molecule has 0 saturated carbocycles. The number of aromatic nitrogens is 7. The van der Waals surface area contributed by atoms with Gasteiger partial charge in [-0.2, -0.15) is 14.9 Å². The van der Waals surface area contributed by atoms with Gasteiger partial charge < -0.3 is 10.6 Å². The molecule has 3 heterocycles. The maximum Gasteiger partial charge on any atom is 0.293 e. The number of benzene rings is 2. The fourth-order valence-corrected chi connectivity index (χ4v) is 3.66. The first kappa shape index (κ1) is 23.6. The van der Waals surface area contributed by atoms with E-state index in [-0.39, 0.29) is 17.3 Å². The molecule has 13 heteroatoms. The average Bonchev–Trinajstić information content (AvgIpc) is 3.63. The van der Waals surface area contributed by atoms with Gasteiger partial charge in [-0.1, -0.05) is 53.7 Å². The van der Waals surface area contributed by atoms with Crippen LogP contribution in [-0.4, -0.2) is 66.2 Å². The summed E-state index contributed by atoms with van der Waals surface area (Å²) < 4.78 is 7.75. The number of nitrogens with one attached hydrogen (secondary N) is 1. The van der Waals surface area contributed by atoms with E-state index in [0.717, 1.165) is 16.9 Å². The molecule has 2 aromatic carbocycles. The predicted octanol–water partition coefficient (Wildman–Crippen LogP) is 1.91. The summed E-state index contributed by atoms with van der Waals surface area (Å²) in [5, 5.41) is 24.3. The normalized spacial score (nSPS) is 11.4.